The molecule has 1 atom stereocenters. The normalized spacial score (nSPS) is 17.4. The highest BCUT2D eigenvalue weighted by Gasteiger charge is 2.17. The maximum absolute atomic E-state index is 12.0. The third-order valence-corrected chi connectivity index (χ3v) is 3.37. The molecule has 6 heteroatoms. The smallest absolute Gasteiger partial charge is 0.319 e. The highest BCUT2D eigenvalue weighted by Crippen LogP contribution is 2.30. The Morgan fingerprint density at radius 3 is 2.91 bits per heavy atom. The Balaban J connectivity index is 1.97. The van der Waals surface area contributed by atoms with E-state index in [1.165, 1.54) is 0 Å². The van der Waals surface area contributed by atoms with Crippen LogP contribution in [0.4, 0.5) is 10.5 Å². The summed E-state index contributed by atoms with van der Waals surface area (Å²) in [6.45, 7) is 5.97. The number of hydrogen-bond donors (Lipinski definition) is 2. The second kappa shape index (κ2) is 7.89. The SMILES string of the molecule is COc1ccc(OC(C)C)c(NC(=O)NC[C@H]2CCOC2)c1. The Bertz CT molecular complexity index is 499. The average molecular weight is 308 g/mol. The van der Waals surface area contributed by atoms with E-state index in [-0.39, 0.29) is 12.1 Å². The lowest BCUT2D eigenvalue weighted by Crippen LogP contribution is -2.33. The van der Waals surface area contributed by atoms with Crippen LogP contribution in [0.3, 0.4) is 0 Å². The molecule has 0 aliphatic carbocycles. The van der Waals surface area contributed by atoms with E-state index in [1.54, 1.807) is 25.3 Å². The van der Waals surface area contributed by atoms with E-state index in [0.717, 1.165) is 13.0 Å². The Morgan fingerprint density at radius 2 is 2.27 bits per heavy atom. The topological polar surface area (TPSA) is 68.8 Å². The first kappa shape index (κ1) is 16.4. The lowest BCUT2D eigenvalue weighted by molar-refractivity contribution is 0.185. The second-order valence-corrected chi connectivity index (χ2v) is 5.59. The van der Waals surface area contributed by atoms with Gasteiger partial charge in [0.05, 0.1) is 25.5 Å². The van der Waals surface area contributed by atoms with Crippen LogP contribution in [0.15, 0.2) is 18.2 Å². The molecule has 1 saturated heterocycles. The summed E-state index contributed by atoms with van der Waals surface area (Å²) >= 11 is 0. The predicted octanol–water partition coefficient (Wildman–Crippen LogP) is 2.64. The fourth-order valence-electron chi connectivity index (χ4n) is 2.24. The molecule has 0 spiro atoms. The number of amides is 2. The molecule has 1 aliphatic rings. The van der Waals surface area contributed by atoms with E-state index in [4.69, 9.17) is 14.2 Å². The van der Waals surface area contributed by atoms with Crippen molar-refractivity contribution in [3.8, 4) is 11.5 Å². The Labute approximate surface area is 131 Å². The van der Waals surface area contributed by atoms with E-state index in [2.05, 4.69) is 10.6 Å². The van der Waals surface area contributed by atoms with Crippen LogP contribution in [0, 0.1) is 5.92 Å². The quantitative estimate of drug-likeness (QED) is 0.847. The monoisotopic (exact) mass is 308 g/mol. The first-order valence-electron chi connectivity index (χ1n) is 7.55. The summed E-state index contributed by atoms with van der Waals surface area (Å²) in [6, 6.07) is 5.08. The van der Waals surface area contributed by atoms with E-state index in [0.29, 0.717) is 36.3 Å². The molecule has 0 saturated carbocycles. The first-order valence-corrected chi connectivity index (χ1v) is 7.55. The molecule has 0 unspecified atom stereocenters. The number of carbonyl (C=O) groups is 1. The fourth-order valence-corrected chi connectivity index (χ4v) is 2.24. The molecule has 1 aromatic carbocycles. The van der Waals surface area contributed by atoms with Gasteiger partial charge in [0.15, 0.2) is 0 Å². The van der Waals surface area contributed by atoms with Crippen LogP contribution in [0.5, 0.6) is 11.5 Å². The highest BCUT2D eigenvalue weighted by molar-refractivity contribution is 5.91. The Morgan fingerprint density at radius 1 is 1.45 bits per heavy atom. The van der Waals surface area contributed by atoms with Crippen molar-refractivity contribution in [3.05, 3.63) is 18.2 Å². The average Bonchev–Trinajstić information content (AvgIpc) is 3.00. The Kier molecular flexibility index (Phi) is 5.89. The zero-order valence-electron chi connectivity index (χ0n) is 13.3. The predicted molar refractivity (Wildman–Crippen MR) is 84.7 cm³/mol. The van der Waals surface area contributed by atoms with E-state index < -0.39 is 0 Å². The summed E-state index contributed by atoms with van der Waals surface area (Å²) in [5.74, 6) is 1.67. The molecule has 6 nitrogen and oxygen atoms in total. The van der Waals surface area contributed by atoms with Crippen LogP contribution in [0.2, 0.25) is 0 Å². The lowest BCUT2D eigenvalue weighted by Gasteiger charge is -2.17. The maximum Gasteiger partial charge on any atom is 0.319 e. The van der Waals surface area contributed by atoms with Crippen molar-refractivity contribution >= 4 is 11.7 Å². The zero-order chi connectivity index (χ0) is 15.9. The van der Waals surface area contributed by atoms with Gasteiger partial charge in [-0.1, -0.05) is 0 Å². The van der Waals surface area contributed by atoms with Gasteiger partial charge in [0.2, 0.25) is 0 Å². The zero-order valence-corrected chi connectivity index (χ0v) is 13.3. The number of hydrogen-bond acceptors (Lipinski definition) is 4. The van der Waals surface area contributed by atoms with Gasteiger partial charge in [-0.15, -0.1) is 0 Å². The minimum Gasteiger partial charge on any atom is -0.497 e. The van der Waals surface area contributed by atoms with Crippen molar-refractivity contribution < 1.29 is 19.0 Å². The van der Waals surface area contributed by atoms with Crippen LogP contribution in [0.1, 0.15) is 20.3 Å². The van der Waals surface area contributed by atoms with Crippen LogP contribution < -0.4 is 20.1 Å². The van der Waals surface area contributed by atoms with Gasteiger partial charge >= 0.3 is 6.03 Å². The number of ether oxygens (including phenoxy) is 3. The fraction of sp³-hybridized carbons (Fsp3) is 0.562. The van der Waals surface area contributed by atoms with Gasteiger partial charge in [-0.2, -0.15) is 0 Å². The number of carbonyl (C=O) groups excluding carboxylic acids is 1. The molecular formula is C16H24N2O4. The number of benzene rings is 1. The molecule has 1 heterocycles. The van der Waals surface area contributed by atoms with E-state index in [9.17, 15) is 4.79 Å². The van der Waals surface area contributed by atoms with Crippen LogP contribution in [0.25, 0.3) is 0 Å². The first-order chi connectivity index (χ1) is 10.6. The number of methoxy groups -OCH3 is 1. The van der Waals surface area contributed by atoms with Crippen LogP contribution >= 0.6 is 0 Å². The van der Waals surface area contributed by atoms with Gasteiger partial charge in [0.25, 0.3) is 0 Å². The summed E-state index contributed by atoms with van der Waals surface area (Å²) in [4.78, 5) is 12.0. The maximum atomic E-state index is 12.0. The van der Waals surface area contributed by atoms with Crippen LogP contribution in [-0.4, -0.2) is 39.0 Å². The van der Waals surface area contributed by atoms with E-state index in [1.807, 2.05) is 13.8 Å². The number of rotatable bonds is 6. The third-order valence-electron chi connectivity index (χ3n) is 3.37. The number of nitrogens with one attached hydrogen (secondary N) is 2. The molecule has 1 aromatic rings. The standard InChI is InChI=1S/C16H24N2O4/c1-11(2)22-15-5-4-13(20-3)8-14(15)18-16(19)17-9-12-6-7-21-10-12/h4-5,8,11-12H,6-7,9-10H2,1-3H3,(H2,17,18,19)/t12-/m1/s1. The van der Waals surface area contributed by atoms with Gasteiger partial charge in [0, 0.05) is 25.1 Å². The van der Waals surface area contributed by atoms with Crippen molar-refractivity contribution in [2.45, 2.75) is 26.4 Å². The third kappa shape index (κ3) is 4.80. The lowest BCUT2D eigenvalue weighted by atomic mass is 10.1. The molecule has 0 bridgehead atoms. The van der Waals surface area contributed by atoms with Gasteiger partial charge < -0.3 is 24.8 Å². The van der Waals surface area contributed by atoms with Crippen LogP contribution in [-0.2, 0) is 4.74 Å². The molecule has 1 fully saturated rings. The van der Waals surface area contributed by atoms with E-state index >= 15 is 0 Å². The summed E-state index contributed by atoms with van der Waals surface area (Å²) in [7, 11) is 1.59. The van der Waals surface area contributed by atoms with Gasteiger partial charge in [-0.25, -0.2) is 4.79 Å². The summed E-state index contributed by atoms with van der Waals surface area (Å²) < 4.78 is 16.2. The summed E-state index contributed by atoms with van der Waals surface area (Å²) in [5.41, 5.74) is 0.591. The molecule has 0 radical (unpaired) electrons. The van der Waals surface area contributed by atoms with Crippen molar-refractivity contribution in [2.75, 3.05) is 32.2 Å². The molecule has 2 N–H and O–H groups in total. The Hall–Kier alpha value is -1.95. The van der Waals surface area contributed by atoms with Gasteiger partial charge in [-0.05, 0) is 32.4 Å². The minimum atomic E-state index is -0.256. The van der Waals surface area contributed by atoms with Crippen molar-refractivity contribution in [3.63, 3.8) is 0 Å². The largest absolute Gasteiger partial charge is 0.497 e. The highest BCUT2D eigenvalue weighted by atomic mass is 16.5. The van der Waals surface area contributed by atoms with Gasteiger partial charge in [0.1, 0.15) is 11.5 Å². The number of anilines is 1. The molecule has 22 heavy (non-hydrogen) atoms. The molecule has 122 valence electrons. The second-order valence-electron chi connectivity index (χ2n) is 5.59. The van der Waals surface area contributed by atoms with Gasteiger partial charge in [-0.3, -0.25) is 0 Å². The van der Waals surface area contributed by atoms with Crippen molar-refractivity contribution in [1.82, 2.24) is 5.32 Å². The van der Waals surface area contributed by atoms with Crippen molar-refractivity contribution in [1.29, 1.82) is 0 Å². The summed E-state index contributed by atoms with van der Waals surface area (Å²) in [6.07, 6.45) is 1.01. The molecular weight excluding hydrogens is 284 g/mol. The molecule has 1 aliphatic heterocycles. The van der Waals surface area contributed by atoms with Crippen molar-refractivity contribution in [2.24, 2.45) is 5.92 Å². The minimum absolute atomic E-state index is 0.0210. The molecule has 2 rings (SSSR count). The molecule has 2 amide bonds. The molecule has 0 aromatic heterocycles. The summed E-state index contributed by atoms with van der Waals surface area (Å²) in [5, 5.41) is 5.68. The number of urea groups is 1.